The molecule has 1 amide bonds. The summed E-state index contributed by atoms with van der Waals surface area (Å²) in [5, 5.41) is 3.37. The number of hydrogen-bond acceptors (Lipinski definition) is 2. The number of hydrogen-bond donors (Lipinski definition) is 1. The average Bonchev–Trinajstić information content (AvgIpc) is 2.54. The van der Waals surface area contributed by atoms with Crippen LogP contribution in [0.2, 0.25) is 5.02 Å². The first kappa shape index (κ1) is 15.6. The van der Waals surface area contributed by atoms with Gasteiger partial charge in [0.05, 0.1) is 11.6 Å². The van der Waals surface area contributed by atoms with Crippen molar-refractivity contribution in [3.63, 3.8) is 0 Å². The van der Waals surface area contributed by atoms with Crippen LogP contribution in [-0.4, -0.2) is 12.5 Å². The summed E-state index contributed by atoms with van der Waals surface area (Å²) < 4.78 is 19.3. The molecular formula is C18H15ClFNO2. The zero-order chi connectivity index (χ0) is 16.4. The molecule has 3 rings (SSSR count). The van der Waals surface area contributed by atoms with Crippen molar-refractivity contribution in [2.24, 2.45) is 0 Å². The molecule has 0 spiro atoms. The normalized spacial score (nSPS) is 14.3. The second-order valence-electron chi connectivity index (χ2n) is 5.36. The van der Waals surface area contributed by atoms with E-state index in [-0.39, 0.29) is 18.3 Å². The number of halogens is 2. The summed E-state index contributed by atoms with van der Waals surface area (Å²) in [4.78, 5) is 12.4. The van der Waals surface area contributed by atoms with Crippen molar-refractivity contribution in [2.45, 2.75) is 13.0 Å². The second-order valence-corrected chi connectivity index (χ2v) is 5.79. The molecule has 1 N–H and O–H groups in total. The van der Waals surface area contributed by atoms with Gasteiger partial charge in [-0.25, -0.2) is 4.39 Å². The first-order valence-electron chi connectivity index (χ1n) is 7.23. The van der Waals surface area contributed by atoms with Gasteiger partial charge < -0.3 is 10.1 Å². The van der Waals surface area contributed by atoms with Crippen LogP contribution in [0, 0.1) is 5.82 Å². The Bertz CT molecular complexity index is 788. The van der Waals surface area contributed by atoms with Crippen LogP contribution in [0.4, 0.5) is 4.39 Å². The maximum Gasteiger partial charge on any atom is 0.251 e. The van der Waals surface area contributed by atoms with Crippen LogP contribution in [0.25, 0.3) is 6.08 Å². The van der Waals surface area contributed by atoms with Crippen molar-refractivity contribution in [2.75, 3.05) is 6.61 Å². The molecule has 3 nitrogen and oxygen atoms in total. The van der Waals surface area contributed by atoms with E-state index in [2.05, 4.69) is 5.32 Å². The Balaban J connectivity index is 1.78. The minimum absolute atomic E-state index is 0.171. The fourth-order valence-corrected chi connectivity index (χ4v) is 2.65. The van der Waals surface area contributed by atoms with Crippen molar-refractivity contribution in [3.8, 4) is 5.75 Å². The van der Waals surface area contributed by atoms with Gasteiger partial charge in [-0.3, -0.25) is 4.79 Å². The predicted octanol–water partition coefficient (Wildman–Crippen LogP) is 4.13. The molecule has 0 bridgehead atoms. The van der Waals surface area contributed by atoms with Crippen molar-refractivity contribution in [1.29, 1.82) is 0 Å². The van der Waals surface area contributed by atoms with Crippen molar-refractivity contribution < 1.29 is 13.9 Å². The van der Waals surface area contributed by atoms with E-state index in [1.807, 2.05) is 0 Å². The van der Waals surface area contributed by atoms with Gasteiger partial charge in [-0.05, 0) is 37.3 Å². The molecule has 23 heavy (non-hydrogen) atoms. The molecule has 118 valence electrons. The molecule has 1 heterocycles. The molecule has 0 aromatic heterocycles. The highest BCUT2D eigenvalue weighted by molar-refractivity contribution is 6.30. The first-order chi connectivity index (χ1) is 11.0. The first-order valence-corrected chi connectivity index (χ1v) is 7.60. The Morgan fingerprint density at radius 1 is 1.30 bits per heavy atom. The van der Waals surface area contributed by atoms with Crippen LogP contribution in [0.15, 0.2) is 48.0 Å². The summed E-state index contributed by atoms with van der Waals surface area (Å²) in [6, 6.07) is 11.2. The summed E-state index contributed by atoms with van der Waals surface area (Å²) in [6.07, 6.45) is 1.74. The zero-order valence-corrected chi connectivity index (χ0v) is 13.2. The summed E-state index contributed by atoms with van der Waals surface area (Å²) in [6.45, 7) is 1.91. The van der Waals surface area contributed by atoms with Crippen LogP contribution < -0.4 is 10.1 Å². The Morgan fingerprint density at radius 2 is 2.09 bits per heavy atom. The minimum Gasteiger partial charge on any atom is -0.488 e. The summed E-state index contributed by atoms with van der Waals surface area (Å²) in [7, 11) is 0. The van der Waals surface area contributed by atoms with Crippen molar-refractivity contribution >= 4 is 23.6 Å². The largest absolute Gasteiger partial charge is 0.488 e. The quantitative estimate of drug-likeness (QED) is 0.918. The lowest BCUT2D eigenvalue weighted by atomic mass is 10.0. The minimum atomic E-state index is -0.439. The van der Waals surface area contributed by atoms with Gasteiger partial charge in [-0.1, -0.05) is 29.8 Å². The third-order valence-corrected chi connectivity index (χ3v) is 3.93. The molecule has 1 aliphatic rings. The molecular weight excluding hydrogens is 317 g/mol. The molecule has 0 radical (unpaired) electrons. The van der Waals surface area contributed by atoms with Crippen LogP contribution in [0.3, 0.4) is 0 Å². The van der Waals surface area contributed by atoms with Crippen LogP contribution in [0.5, 0.6) is 5.75 Å². The third-order valence-electron chi connectivity index (χ3n) is 3.70. The molecule has 2 aromatic rings. The predicted molar refractivity (Wildman–Crippen MR) is 87.9 cm³/mol. The second kappa shape index (κ2) is 6.42. The maximum atomic E-state index is 13.8. The monoisotopic (exact) mass is 331 g/mol. The highest BCUT2D eigenvalue weighted by Gasteiger charge is 2.20. The van der Waals surface area contributed by atoms with E-state index in [1.165, 1.54) is 6.07 Å². The number of rotatable bonds is 3. The number of fused-ring (bicyclic) bond motifs is 1. The number of ether oxygens (including phenoxy) is 1. The average molecular weight is 332 g/mol. The SMILES string of the molecule is C[C@H](NC(=O)C1=Cc2cc(Cl)ccc2OC1)c1ccccc1F. The Labute approximate surface area is 138 Å². The van der Waals surface area contributed by atoms with E-state index >= 15 is 0 Å². The number of benzene rings is 2. The van der Waals surface area contributed by atoms with Gasteiger partial charge in [0.15, 0.2) is 0 Å². The fourth-order valence-electron chi connectivity index (χ4n) is 2.47. The van der Waals surface area contributed by atoms with Gasteiger partial charge in [0, 0.05) is 16.1 Å². The molecule has 0 fully saturated rings. The molecule has 0 saturated carbocycles. The lowest BCUT2D eigenvalue weighted by molar-refractivity contribution is -0.118. The molecule has 5 heteroatoms. The lowest BCUT2D eigenvalue weighted by Gasteiger charge is -2.20. The van der Waals surface area contributed by atoms with Gasteiger partial charge in [0.2, 0.25) is 0 Å². The lowest BCUT2D eigenvalue weighted by Crippen LogP contribution is -2.31. The Morgan fingerprint density at radius 3 is 2.87 bits per heavy atom. The van der Waals surface area contributed by atoms with E-state index in [1.54, 1.807) is 49.4 Å². The van der Waals surface area contributed by atoms with Gasteiger partial charge in [-0.2, -0.15) is 0 Å². The zero-order valence-electron chi connectivity index (χ0n) is 12.5. The van der Waals surface area contributed by atoms with E-state index in [0.29, 0.717) is 21.9 Å². The van der Waals surface area contributed by atoms with Crippen molar-refractivity contribution in [1.82, 2.24) is 5.32 Å². The summed E-state index contributed by atoms with van der Waals surface area (Å²) in [5.74, 6) is 0.0609. The Hall–Kier alpha value is -2.33. The smallest absolute Gasteiger partial charge is 0.251 e. The van der Waals surface area contributed by atoms with Gasteiger partial charge in [0.1, 0.15) is 18.2 Å². The molecule has 1 atom stereocenters. The number of nitrogens with one attached hydrogen (secondary N) is 1. The van der Waals surface area contributed by atoms with Gasteiger partial charge in [0.25, 0.3) is 5.91 Å². The molecule has 0 aliphatic carbocycles. The summed E-state index contributed by atoms with van der Waals surface area (Å²) >= 11 is 5.96. The maximum absolute atomic E-state index is 13.8. The number of carbonyl (C=O) groups excluding carboxylic acids is 1. The molecule has 0 unspecified atom stereocenters. The van der Waals surface area contributed by atoms with Crippen LogP contribution in [0.1, 0.15) is 24.1 Å². The highest BCUT2D eigenvalue weighted by atomic mass is 35.5. The number of amides is 1. The van der Waals surface area contributed by atoms with Crippen molar-refractivity contribution in [3.05, 3.63) is 70.0 Å². The fraction of sp³-hybridized carbons (Fsp3) is 0.167. The molecule has 2 aromatic carbocycles. The third kappa shape index (κ3) is 3.37. The van der Waals surface area contributed by atoms with Crippen LogP contribution in [-0.2, 0) is 4.79 Å². The van der Waals surface area contributed by atoms with Crippen LogP contribution >= 0.6 is 11.6 Å². The van der Waals surface area contributed by atoms with E-state index < -0.39 is 6.04 Å². The Kier molecular flexibility index (Phi) is 4.35. The van der Waals surface area contributed by atoms with E-state index in [4.69, 9.17) is 16.3 Å². The van der Waals surface area contributed by atoms with Gasteiger partial charge in [-0.15, -0.1) is 0 Å². The number of carbonyl (C=O) groups is 1. The van der Waals surface area contributed by atoms with E-state index in [0.717, 1.165) is 5.56 Å². The molecule has 0 saturated heterocycles. The standard InChI is InChI=1S/C18H15ClFNO2/c1-11(15-4-2-3-5-16(15)20)21-18(22)13-8-12-9-14(19)6-7-17(12)23-10-13/h2-9,11H,10H2,1H3,(H,21,22)/t11-/m0/s1. The topological polar surface area (TPSA) is 38.3 Å². The summed E-state index contributed by atoms with van der Waals surface area (Å²) in [5.41, 5.74) is 1.68. The van der Waals surface area contributed by atoms with E-state index in [9.17, 15) is 9.18 Å². The molecule has 1 aliphatic heterocycles. The highest BCUT2D eigenvalue weighted by Crippen LogP contribution is 2.29. The van der Waals surface area contributed by atoms with Gasteiger partial charge >= 0.3 is 0 Å².